The number of aliphatic hydroxyl groups excluding tert-OH is 2. The van der Waals surface area contributed by atoms with Gasteiger partial charge in [-0.25, -0.2) is 0 Å². The molecule has 6 nitrogen and oxygen atoms in total. The Labute approximate surface area is 571 Å². The van der Waals surface area contributed by atoms with Crippen LogP contribution in [0.1, 0.15) is 495 Å². The average molecular weight is 1280 g/mol. The summed E-state index contributed by atoms with van der Waals surface area (Å²) in [7, 11) is 0. The molecule has 0 aliphatic heterocycles. The molecule has 0 radical (unpaired) electrons. The summed E-state index contributed by atoms with van der Waals surface area (Å²) in [6, 6.07) is -0.538. The third kappa shape index (κ3) is 77.5. The Balaban J connectivity index is 3.31. The second kappa shape index (κ2) is 81.0. The van der Waals surface area contributed by atoms with Crippen molar-refractivity contribution in [2.75, 3.05) is 13.2 Å². The lowest BCUT2D eigenvalue weighted by Crippen LogP contribution is -2.45. The molecule has 0 bridgehead atoms. The Bertz CT molecular complexity index is 1380. The molecule has 0 aromatic rings. The number of carbonyl (C=O) groups excluding carboxylic acids is 2. The summed E-state index contributed by atoms with van der Waals surface area (Å²) in [5.41, 5.74) is 0. The lowest BCUT2D eigenvalue weighted by atomic mass is 10.0. The van der Waals surface area contributed by atoms with Crippen molar-refractivity contribution in [2.45, 2.75) is 508 Å². The highest BCUT2D eigenvalue weighted by Crippen LogP contribution is 2.21. The molecule has 0 heterocycles. The van der Waals surface area contributed by atoms with Crippen LogP contribution in [0.2, 0.25) is 0 Å². The molecule has 542 valence electrons. The number of hydrogen-bond donors (Lipinski definition) is 3. The molecule has 0 aliphatic rings. The second-order valence-electron chi connectivity index (χ2n) is 29.5. The fourth-order valence-corrected chi connectivity index (χ4v) is 13.9. The van der Waals surface area contributed by atoms with Gasteiger partial charge in [-0.3, -0.25) is 9.59 Å². The summed E-state index contributed by atoms with van der Waals surface area (Å²) in [6.07, 6.45) is 103. The van der Waals surface area contributed by atoms with Gasteiger partial charge in [0.25, 0.3) is 0 Å². The minimum absolute atomic E-state index is 0.0251. The number of ether oxygens (including phenoxy) is 1. The molecule has 0 aliphatic carbocycles. The zero-order chi connectivity index (χ0) is 65.6. The van der Waals surface area contributed by atoms with Crippen molar-refractivity contribution in [1.29, 1.82) is 0 Å². The second-order valence-corrected chi connectivity index (χ2v) is 29.5. The molecular weight excluding hydrogens is 1110 g/mol. The van der Waals surface area contributed by atoms with Crippen LogP contribution in [0.25, 0.3) is 0 Å². The minimum Gasteiger partial charge on any atom is -0.466 e. The van der Waals surface area contributed by atoms with Crippen LogP contribution in [-0.4, -0.2) is 47.4 Å². The van der Waals surface area contributed by atoms with Crippen LogP contribution in [0.5, 0.6) is 0 Å². The molecular formula is C85H167NO5. The van der Waals surface area contributed by atoms with Crippen molar-refractivity contribution in [3.05, 3.63) is 12.2 Å². The van der Waals surface area contributed by atoms with E-state index < -0.39 is 12.1 Å². The zero-order valence-corrected chi connectivity index (χ0v) is 62.4. The fourth-order valence-electron chi connectivity index (χ4n) is 13.9. The molecule has 2 unspecified atom stereocenters. The summed E-state index contributed by atoms with van der Waals surface area (Å²) in [6.45, 7) is 5.02. The van der Waals surface area contributed by atoms with E-state index in [4.69, 9.17) is 4.74 Å². The number of hydrogen-bond acceptors (Lipinski definition) is 5. The Morgan fingerprint density at radius 2 is 0.516 bits per heavy atom. The van der Waals surface area contributed by atoms with Gasteiger partial charge in [-0.05, 0) is 51.4 Å². The van der Waals surface area contributed by atoms with E-state index in [0.717, 1.165) is 38.5 Å². The first-order chi connectivity index (χ1) is 45.0. The van der Waals surface area contributed by atoms with Gasteiger partial charge >= 0.3 is 5.97 Å². The maximum atomic E-state index is 12.6. The van der Waals surface area contributed by atoms with Gasteiger partial charge in [0.2, 0.25) is 5.91 Å². The predicted molar refractivity (Wildman–Crippen MR) is 403 cm³/mol. The van der Waals surface area contributed by atoms with Gasteiger partial charge in [-0.1, -0.05) is 443 Å². The van der Waals surface area contributed by atoms with Gasteiger partial charge in [-0.2, -0.15) is 0 Å². The van der Waals surface area contributed by atoms with Gasteiger partial charge in [0.15, 0.2) is 0 Å². The molecule has 0 saturated heterocycles. The third-order valence-electron chi connectivity index (χ3n) is 20.3. The highest BCUT2D eigenvalue weighted by atomic mass is 16.5. The van der Waals surface area contributed by atoms with Gasteiger partial charge in [-0.15, -0.1) is 0 Å². The lowest BCUT2D eigenvalue weighted by Gasteiger charge is -2.22. The normalized spacial score (nSPS) is 12.4. The zero-order valence-electron chi connectivity index (χ0n) is 62.4. The number of allylic oxidation sites excluding steroid dienone is 2. The van der Waals surface area contributed by atoms with E-state index in [1.165, 1.54) is 424 Å². The highest BCUT2D eigenvalue weighted by molar-refractivity contribution is 5.76. The average Bonchev–Trinajstić information content (AvgIpc) is 3.58. The molecule has 0 rings (SSSR count). The lowest BCUT2D eigenvalue weighted by molar-refractivity contribution is -0.143. The summed E-state index contributed by atoms with van der Waals surface area (Å²) in [5.74, 6) is 0.00218. The van der Waals surface area contributed by atoms with Crippen LogP contribution in [0.15, 0.2) is 12.2 Å². The standard InChI is InChI=1S/C85H167NO5/c1-3-5-7-9-11-13-15-17-19-21-43-46-49-53-57-61-65-69-73-77-83(88)82(81-87)86-84(89)78-74-70-66-62-58-54-50-47-44-41-39-37-35-33-31-29-27-25-23-22-24-26-28-30-32-34-36-38-40-42-45-48-52-56-60-64-68-72-76-80-91-85(90)79-75-71-67-63-59-55-51-20-18-16-14-12-10-8-6-4-2/h22-23,82-83,87-88H,3-21,24-81H2,1-2H3,(H,86,89)/b23-22-. The number of esters is 1. The Morgan fingerprint density at radius 3 is 0.780 bits per heavy atom. The molecule has 0 saturated carbocycles. The van der Waals surface area contributed by atoms with Crippen LogP contribution in [-0.2, 0) is 14.3 Å². The summed E-state index contributed by atoms with van der Waals surface area (Å²) < 4.78 is 5.52. The van der Waals surface area contributed by atoms with E-state index >= 15 is 0 Å². The van der Waals surface area contributed by atoms with Crippen molar-refractivity contribution in [3.8, 4) is 0 Å². The van der Waals surface area contributed by atoms with E-state index in [0.29, 0.717) is 25.9 Å². The van der Waals surface area contributed by atoms with Crippen LogP contribution in [0.4, 0.5) is 0 Å². The molecule has 1 amide bonds. The van der Waals surface area contributed by atoms with Crippen molar-refractivity contribution in [2.24, 2.45) is 0 Å². The van der Waals surface area contributed by atoms with Crippen molar-refractivity contribution in [3.63, 3.8) is 0 Å². The predicted octanol–water partition coefficient (Wildman–Crippen LogP) is 28.2. The van der Waals surface area contributed by atoms with Gasteiger partial charge in [0.05, 0.1) is 25.4 Å². The van der Waals surface area contributed by atoms with E-state index in [9.17, 15) is 19.8 Å². The summed E-state index contributed by atoms with van der Waals surface area (Å²) in [4.78, 5) is 24.7. The maximum Gasteiger partial charge on any atom is 0.305 e. The first-order valence-corrected chi connectivity index (χ1v) is 42.4. The topological polar surface area (TPSA) is 95.9 Å². The monoisotopic (exact) mass is 1280 g/mol. The molecule has 3 N–H and O–H groups in total. The first kappa shape index (κ1) is 89.6. The number of amides is 1. The minimum atomic E-state index is -0.661. The number of nitrogens with one attached hydrogen (secondary N) is 1. The van der Waals surface area contributed by atoms with Gasteiger partial charge in [0, 0.05) is 12.8 Å². The third-order valence-corrected chi connectivity index (χ3v) is 20.3. The smallest absolute Gasteiger partial charge is 0.305 e. The number of unbranched alkanes of at least 4 members (excludes halogenated alkanes) is 68. The summed E-state index contributed by atoms with van der Waals surface area (Å²) in [5, 5.41) is 23.4. The van der Waals surface area contributed by atoms with Crippen molar-refractivity contribution >= 4 is 11.9 Å². The van der Waals surface area contributed by atoms with Crippen LogP contribution in [0.3, 0.4) is 0 Å². The molecule has 0 aromatic heterocycles. The van der Waals surface area contributed by atoms with E-state index in [-0.39, 0.29) is 18.5 Å². The van der Waals surface area contributed by atoms with E-state index in [1.54, 1.807) is 0 Å². The van der Waals surface area contributed by atoms with E-state index in [2.05, 4.69) is 31.3 Å². The Morgan fingerprint density at radius 1 is 0.297 bits per heavy atom. The van der Waals surface area contributed by atoms with Gasteiger partial charge < -0.3 is 20.3 Å². The number of rotatable bonds is 81. The first-order valence-electron chi connectivity index (χ1n) is 42.4. The molecule has 0 spiro atoms. The SMILES string of the molecule is CCCCCCCCCCCCCCCCCCCCCC(O)C(CO)NC(=O)CCCCCCCCCCCCCCCCCCC/C=C\CCCCCCCCCCCCCCCCCCCCOC(=O)CCCCCCCCCCCCCCCCCC. The molecule has 0 fully saturated rings. The molecule has 91 heavy (non-hydrogen) atoms. The number of aliphatic hydroxyl groups is 2. The summed E-state index contributed by atoms with van der Waals surface area (Å²) >= 11 is 0. The Hall–Kier alpha value is -1.40. The van der Waals surface area contributed by atoms with Crippen LogP contribution >= 0.6 is 0 Å². The fraction of sp³-hybridized carbons (Fsp3) is 0.953. The highest BCUT2D eigenvalue weighted by Gasteiger charge is 2.20. The quantitative estimate of drug-likeness (QED) is 0.0320. The van der Waals surface area contributed by atoms with Crippen LogP contribution < -0.4 is 5.32 Å². The van der Waals surface area contributed by atoms with E-state index in [1.807, 2.05) is 0 Å². The number of carbonyl (C=O) groups is 2. The molecule has 2 atom stereocenters. The van der Waals surface area contributed by atoms with Gasteiger partial charge in [0.1, 0.15) is 0 Å². The van der Waals surface area contributed by atoms with Crippen molar-refractivity contribution in [1.82, 2.24) is 5.32 Å². The Kier molecular flexibility index (Phi) is 79.8. The largest absolute Gasteiger partial charge is 0.466 e. The van der Waals surface area contributed by atoms with Crippen LogP contribution in [0, 0.1) is 0 Å². The maximum absolute atomic E-state index is 12.6. The van der Waals surface area contributed by atoms with Crippen molar-refractivity contribution < 1.29 is 24.5 Å². The molecule has 0 aromatic carbocycles. The molecule has 6 heteroatoms.